The molecule has 0 radical (unpaired) electrons. The standard InChI is InChI=1S/C27H30O9/c1-22(2)13-6-7-14-18(28)27-17-15(16-19(35-27)25(5,32)21(30)34-16)24(4,31)20(29)23(17,3)8-9-26(14,36-27)10-12(13)11-33-22/h6-7,11,15-17,19,31-32H,8-10H2,1-5H3/t15-,16-,17?,19+,23+,24-,25-,26+,27?/m1/s1. The van der Waals surface area contributed by atoms with Crippen molar-refractivity contribution in [3.05, 3.63) is 35.1 Å². The molecule has 2 bridgehead atoms. The molecule has 5 heterocycles. The predicted octanol–water partition coefficient (Wildman–Crippen LogP) is 1.41. The third-order valence-electron chi connectivity index (χ3n) is 10.1. The normalized spacial score (nSPS) is 53.6. The van der Waals surface area contributed by atoms with E-state index in [1.807, 2.05) is 19.9 Å². The van der Waals surface area contributed by atoms with Crippen molar-refractivity contribution in [3.8, 4) is 0 Å². The Hall–Kier alpha value is -2.33. The fourth-order valence-electron chi connectivity index (χ4n) is 8.29. The van der Waals surface area contributed by atoms with Crippen molar-refractivity contribution in [1.82, 2.24) is 0 Å². The predicted molar refractivity (Wildman–Crippen MR) is 121 cm³/mol. The van der Waals surface area contributed by atoms with Crippen LogP contribution in [-0.2, 0) is 33.3 Å². The van der Waals surface area contributed by atoms with Gasteiger partial charge in [-0.15, -0.1) is 0 Å². The van der Waals surface area contributed by atoms with Crippen molar-refractivity contribution in [2.24, 2.45) is 17.3 Å². The number of carbonyl (C=O) groups excluding carboxylic acids is 3. The van der Waals surface area contributed by atoms with E-state index in [0.29, 0.717) is 24.8 Å². The van der Waals surface area contributed by atoms with Gasteiger partial charge in [-0.2, -0.15) is 0 Å². The summed E-state index contributed by atoms with van der Waals surface area (Å²) in [6.45, 7) is 8.33. The van der Waals surface area contributed by atoms with Gasteiger partial charge >= 0.3 is 5.97 Å². The second-order valence-electron chi connectivity index (χ2n) is 12.7. The van der Waals surface area contributed by atoms with Crippen molar-refractivity contribution in [2.45, 2.75) is 94.3 Å². The molecule has 9 heteroatoms. The SMILES string of the molecule is CC1(C)OC=C2C[C@]34CC[C@]5(C)C(=O)[C@](C)(O)[C@H]6C5C(O[C@H]5[C@@H]6OC(=O)[C@]5(C)O)(O3)C(=O)C4=CC=C21. The first-order valence-electron chi connectivity index (χ1n) is 12.6. The highest BCUT2D eigenvalue weighted by Crippen LogP contribution is 2.69. The van der Waals surface area contributed by atoms with Gasteiger partial charge in [0.2, 0.25) is 11.6 Å². The highest BCUT2D eigenvalue weighted by molar-refractivity contribution is 6.08. The zero-order chi connectivity index (χ0) is 25.8. The molecule has 2 spiro atoms. The van der Waals surface area contributed by atoms with Crippen LogP contribution in [0.15, 0.2) is 35.1 Å². The van der Waals surface area contributed by atoms with E-state index >= 15 is 0 Å². The maximum absolute atomic E-state index is 14.4. The number of allylic oxidation sites excluding steroid dienone is 2. The van der Waals surface area contributed by atoms with Crippen LogP contribution in [0.25, 0.3) is 0 Å². The van der Waals surface area contributed by atoms with Crippen LogP contribution in [0.4, 0.5) is 0 Å². The average Bonchev–Trinajstić information content (AvgIpc) is 3.24. The van der Waals surface area contributed by atoms with E-state index in [4.69, 9.17) is 18.9 Å². The molecule has 0 aromatic heterocycles. The van der Waals surface area contributed by atoms with Crippen LogP contribution in [0.5, 0.6) is 0 Å². The average molecular weight is 499 g/mol. The molecule has 9 atom stereocenters. The summed E-state index contributed by atoms with van der Waals surface area (Å²) >= 11 is 0. The monoisotopic (exact) mass is 498 g/mol. The molecule has 2 N–H and O–H groups in total. The van der Waals surface area contributed by atoms with Crippen molar-refractivity contribution in [2.75, 3.05) is 0 Å². The molecule has 9 nitrogen and oxygen atoms in total. The van der Waals surface area contributed by atoms with Crippen LogP contribution < -0.4 is 0 Å². The van der Waals surface area contributed by atoms with Gasteiger partial charge in [-0.1, -0.05) is 19.1 Å². The van der Waals surface area contributed by atoms with E-state index in [1.165, 1.54) is 13.8 Å². The number of fused-ring (bicyclic) bond motifs is 3. The molecule has 0 amide bonds. The molecular weight excluding hydrogens is 468 g/mol. The van der Waals surface area contributed by atoms with Gasteiger partial charge in [0.1, 0.15) is 29.0 Å². The van der Waals surface area contributed by atoms with Crippen LogP contribution in [0, 0.1) is 17.3 Å². The van der Waals surface area contributed by atoms with Gasteiger partial charge in [0.05, 0.1) is 6.26 Å². The third kappa shape index (κ3) is 2.23. The fourth-order valence-corrected chi connectivity index (χ4v) is 8.29. The summed E-state index contributed by atoms with van der Waals surface area (Å²) in [5.74, 6) is -5.65. The van der Waals surface area contributed by atoms with Crippen molar-refractivity contribution < 1.29 is 43.5 Å². The Morgan fingerprint density at radius 1 is 0.944 bits per heavy atom. The first-order valence-corrected chi connectivity index (χ1v) is 12.6. The van der Waals surface area contributed by atoms with E-state index < -0.39 is 75.2 Å². The lowest BCUT2D eigenvalue weighted by Gasteiger charge is -2.50. The summed E-state index contributed by atoms with van der Waals surface area (Å²) in [5.41, 5.74) is -4.50. The maximum atomic E-state index is 14.4. The molecule has 0 aromatic rings. The van der Waals surface area contributed by atoms with Crippen LogP contribution in [-0.4, -0.2) is 68.1 Å². The van der Waals surface area contributed by atoms with E-state index in [9.17, 15) is 24.6 Å². The first kappa shape index (κ1) is 22.8. The number of esters is 1. The highest BCUT2D eigenvalue weighted by Gasteiger charge is 2.84. The van der Waals surface area contributed by atoms with E-state index in [-0.39, 0.29) is 0 Å². The minimum Gasteiger partial charge on any atom is -0.490 e. The summed E-state index contributed by atoms with van der Waals surface area (Å²) < 4.78 is 24.6. The summed E-state index contributed by atoms with van der Waals surface area (Å²) in [4.78, 5) is 40.9. The highest BCUT2D eigenvalue weighted by atomic mass is 16.7. The molecule has 2 unspecified atom stereocenters. The Balaban J connectivity index is 1.46. The summed E-state index contributed by atoms with van der Waals surface area (Å²) in [5, 5.41) is 22.6. The Morgan fingerprint density at radius 3 is 2.36 bits per heavy atom. The minimum atomic E-state index is -2.08. The molecule has 1 saturated carbocycles. The summed E-state index contributed by atoms with van der Waals surface area (Å²) in [6, 6.07) is 0. The lowest BCUT2D eigenvalue weighted by atomic mass is 9.62. The van der Waals surface area contributed by atoms with Crippen LogP contribution in [0.1, 0.15) is 53.9 Å². The molecule has 7 rings (SSSR count). The van der Waals surface area contributed by atoms with E-state index in [2.05, 4.69) is 0 Å². The molecule has 0 aromatic carbocycles. The first-order chi connectivity index (χ1) is 16.6. The minimum absolute atomic E-state index is 0.341. The Labute approximate surface area is 208 Å². The van der Waals surface area contributed by atoms with Crippen molar-refractivity contribution >= 4 is 17.5 Å². The number of Topliss-reactive ketones (excluding diaryl/α,β-unsaturated/α-hetero) is 2. The van der Waals surface area contributed by atoms with Gasteiger partial charge in [-0.05, 0) is 46.1 Å². The number of carbonyl (C=O) groups is 3. The van der Waals surface area contributed by atoms with Gasteiger partial charge in [0, 0.05) is 34.8 Å². The van der Waals surface area contributed by atoms with Crippen LogP contribution in [0.2, 0.25) is 0 Å². The van der Waals surface area contributed by atoms with Gasteiger partial charge in [0.25, 0.3) is 0 Å². The third-order valence-corrected chi connectivity index (χ3v) is 10.1. The van der Waals surface area contributed by atoms with Crippen molar-refractivity contribution in [1.29, 1.82) is 0 Å². The second kappa shape index (κ2) is 6.04. The molecular formula is C27H30O9. The van der Waals surface area contributed by atoms with E-state index in [0.717, 1.165) is 11.1 Å². The fraction of sp³-hybridized carbons (Fsp3) is 0.667. The summed E-state index contributed by atoms with van der Waals surface area (Å²) in [6.07, 6.45) is 3.99. The largest absolute Gasteiger partial charge is 0.490 e. The molecule has 4 saturated heterocycles. The van der Waals surface area contributed by atoms with Crippen LogP contribution >= 0.6 is 0 Å². The topological polar surface area (TPSA) is 129 Å². The number of rotatable bonds is 0. The second-order valence-corrected chi connectivity index (χ2v) is 12.7. The number of hydrogen-bond donors (Lipinski definition) is 2. The van der Waals surface area contributed by atoms with Crippen LogP contribution in [0.3, 0.4) is 0 Å². The molecule has 36 heavy (non-hydrogen) atoms. The quantitative estimate of drug-likeness (QED) is 0.476. The lowest BCUT2D eigenvalue weighted by Crippen LogP contribution is -2.66. The Morgan fingerprint density at radius 2 is 1.64 bits per heavy atom. The number of aliphatic hydroxyl groups is 2. The van der Waals surface area contributed by atoms with Gasteiger partial charge in [-0.3, -0.25) is 9.59 Å². The van der Waals surface area contributed by atoms with Crippen molar-refractivity contribution in [3.63, 3.8) is 0 Å². The van der Waals surface area contributed by atoms with Gasteiger partial charge in [0.15, 0.2) is 11.4 Å². The van der Waals surface area contributed by atoms with Gasteiger partial charge < -0.3 is 29.2 Å². The Bertz CT molecular complexity index is 1270. The zero-order valence-electron chi connectivity index (χ0n) is 20.9. The van der Waals surface area contributed by atoms with E-state index in [1.54, 1.807) is 19.3 Å². The molecule has 5 aliphatic heterocycles. The molecule has 5 fully saturated rings. The Kier molecular flexibility index (Phi) is 3.83. The molecule has 2 aliphatic carbocycles. The number of ether oxygens (including phenoxy) is 4. The van der Waals surface area contributed by atoms with Gasteiger partial charge in [-0.25, -0.2) is 4.79 Å². The smallest absolute Gasteiger partial charge is 0.341 e. The lowest BCUT2D eigenvalue weighted by molar-refractivity contribution is -0.339. The number of hydrogen-bond acceptors (Lipinski definition) is 9. The molecule has 192 valence electrons. The molecule has 7 aliphatic rings. The summed E-state index contributed by atoms with van der Waals surface area (Å²) in [7, 11) is 0. The number of ketones is 2. The maximum Gasteiger partial charge on any atom is 0.341 e. The zero-order valence-corrected chi connectivity index (χ0v) is 20.9.